The minimum absolute atomic E-state index is 0.256. The molecule has 0 bridgehead atoms. The molecule has 2 aromatic rings. The predicted molar refractivity (Wildman–Crippen MR) is 71.4 cm³/mol. The first-order chi connectivity index (χ1) is 8.60. The van der Waals surface area contributed by atoms with Crippen molar-refractivity contribution in [1.82, 2.24) is 20.6 Å². The Hall–Kier alpha value is -1.38. The van der Waals surface area contributed by atoms with Crippen molar-refractivity contribution in [2.24, 2.45) is 5.84 Å². The van der Waals surface area contributed by atoms with Gasteiger partial charge in [-0.25, -0.2) is 10.8 Å². The van der Waals surface area contributed by atoms with Crippen molar-refractivity contribution in [1.29, 1.82) is 0 Å². The van der Waals surface area contributed by atoms with Crippen LogP contribution in [0.4, 0.5) is 0 Å². The number of aromatic nitrogens is 3. The maximum atomic E-state index is 11.4. The molecule has 1 amide bonds. The molecule has 96 valence electrons. The van der Waals surface area contributed by atoms with Crippen molar-refractivity contribution >= 4 is 29.0 Å². The number of rotatable bonds is 4. The molecule has 0 saturated carbocycles. The van der Waals surface area contributed by atoms with Crippen LogP contribution in [0.1, 0.15) is 25.9 Å². The lowest BCUT2D eigenvalue weighted by molar-refractivity contribution is 0.0957. The van der Waals surface area contributed by atoms with Crippen molar-refractivity contribution in [2.45, 2.75) is 24.8 Å². The van der Waals surface area contributed by atoms with Gasteiger partial charge in [0.15, 0.2) is 0 Å². The molecule has 0 aliphatic heterocycles. The van der Waals surface area contributed by atoms with Gasteiger partial charge in [0.2, 0.25) is 5.16 Å². The zero-order valence-corrected chi connectivity index (χ0v) is 11.6. The first kappa shape index (κ1) is 13.1. The van der Waals surface area contributed by atoms with Crippen LogP contribution in [0, 0.1) is 13.8 Å². The van der Waals surface area contributed by atoms with Gasteiger partial charge < -0.3 is 0 Å². The fourth-order valence-corrected chi connectivity index (χ4v) is 3.31. The number of amides is 1. The molecule has 6 nitrogen and oxygen atoms in total. The van der Waals surface area contributed by atoms with Crippen molar-refractivity contribution in [3.8, 4) is 0 Å². The van der Waals surface area contributed by atoms with Gasteiger partial charge in [-0.1, -0.05) is 11.8 Å². The normalized spacial score (nSPS) is 10.6. The summed E-state index contributed by atoms with van der Waals surface area (Å²) in [4.78, 5) is 17.3. The number of H-pyrrole nitrogens is 1. The summed E-state index contributed by atoms with van der Waals surface area (Å²) in [6, 6.07) is 1.86. The Morgan fingerprint density at radius 3 is 3.00 bits per heavy atom. The van der Waals surface area contributed by atoms with Gasteiger partial charge in [-0.05, 0) is 25.5 Å². The van der Waals surface area contributed by atoms with Crippen molar-refractivity contribution < 1.29 is 4.79 Å². The van der Waals surface area contributed by atoms with Crippen molar-refractivity contribution in [2.75, 3.05) is 0 Å². The Labute approximate surface area is 112 Å². The van der Waals surface area contributed by atoms with Gasteiger partial charge in [-0.15, -0.1) is 16.4 Å². The molecule has 4 N–H and O–H groups in total. The number of carbonyl (C=O) groups excluding carboxylic acids is 1. The molecule has 8 heteroatoms. The summed E-state index contributed by atoms with van der Waals surface area (Å²) >= 11 is 2.96. The maximum Gasteiger partial charge on any atom is 0.275 e. The third-order valence-electron chi connectivity index (χ3n) is 2.31. The van der Waals surface area contributed by atoms with Gasteiger partial charge in [0.05, 0.1) is 4.88 Å². The molecular formula is C10H13N5OS2. The zero-order valence-electron chi connectivity index (χ0n) is 9.98. The first-order valence-corrected chi connectivity index (χ1v) is 7.02. The summed E-state index contributed by atoms with van der Waals surface area (Å²) in [5.74, 6) is 6.38. The number of carbonyl (C=O) groups is 1. The Bertz CT molecular complexity index is 562. The molecule has 0 radical (unpaired) electrons. The summed E-state index contributed by atoms with van der Waals surface area (Å²) in [5.41, 5.74) is 3.24. The van der Waals surface area contributed by atoms with Crippen molar-refractivity contribution in [3.63, 3.8) is 0 Å². The fraction of sp³-hybridized carbons (Fsp3) is 0.300. The molecule has 0 unspecified atom stereocenters. The molecular weight excluding hydrogens is 270 g/mol. The van der Waals surface area contributed by atoms with Gasteiger partial charge in [0.1, 0.15) is 5.82 Å². The number of hydrogen-bond acceptors (Lipinski definition) is 6. The van der Waals surface area contributed by atoms with E-state index in [1.807, 2.05) is 19.9 Å². The van der Waals surface area contributed by atoms with Gasteiger partial charge in [-0.2, -0.15) is 0 Å². The smallest absolute Gasteiger partial charge is 0.275 e. The largest absolute Gasteiger partial charge is 0.289 e. The lowest BCUT2D eigenvalue weighted by Gasteiger charge is -1.95. The molecule has 0 aliphatic carbocycles. The van der Waals surface area contributed by atoms with Gasteiger partial charge >= 0.3 is 0 Å². The van der Waals surface area contributed by atoms with E-state index in [9.17, 15) is 4.79 Å². The number of hydrogen-bond donors (Lipinski definition) is 3. The summed E-state index contributed by atoms with van der Waals surface area (Å²) in [5, 5.41) is 7.55. The molecule has 0 fully saturated rings. The van der Waals surface area contributed by atoms with Crippen LogP contribution in [-0.4, -0.2) is 21.1 Å². The molecule has 0 saturated heterocycles. The second kappa shape index (κ2) is 5.51. The zero-order chi connectivity index (χ0) is 13.1. The molecule has 0 aromatic carbocycles. The number of nitrogen functional groups attached to an aromatic ring is 1. The van der Waals surface area contributed by atoms with E-state index in [-0.39, 0.29) is 5.91 Å². The summed E-state index contributed by atoms with van der Waals surface area (Å²) in [7, 11) is 0. The highest BCUT2D eigenvalue weighted by Gasteiger charge is 2.12. The number of nitrogens with two attached hydrogens (primary N) is 1. The maximum absolute atomic E-state index is 11.4. The number of hydrazine groups is 1. The third kappa shape index (κ3) is 2.89. The fourth-order valence-electron chi connectivity index (χ4n) is 1.38. The topological polar surface area (TPSA) is 96.7 Å². The SMILES string of the molecule is Cc1nc(SCc2cc(C(=O)NN)sc2C)n[nH]1. The van der Waals surface area contributed by atoms with Crippen LogP contribution in [0.3, 0.4) is 0 Å². The van der Waals surface area contributed by atoms with E-state index in [0.29, 0.717) is 10.0 Å². The summed E-state index contributed by atoms with van der Waals surface area (Å²) in [6.07, 6.45) is 0. The monoisotopic (exact) mass is 283 g/mol. The molecule has 2 rings (SSSR count). The van der Waals surface area contributed by atoms with E-state index < -0.39 is 0 Å². The average Bonchev–Trinajstić information content (AvgIpc) is 2.92. The van der Waals surface area contributed by atoms with Crippen molar-refractivity contribution in [3.05, 3.63) is 27.2 Å². The van der Waals surface area contributed by atoms with Gasteiger partial charge in [0, 0.05) is 10.6 Å². The standard InChI is InChI=1S/C10H13N5OS2/c1-5-7(3-8(18-5)9(16)13-11)4-17-10-12-6(2)14-15-10/h3H,4,11H2,1-2H3,(H,13,16)(H,12,14,15). The lowest BCUT2D eigenvalue weighted by atomic mass is 10.3. The predicted octanol–water partition coefficient (Wildman–Crippen LogP) is 1.38. The number of thioether (sulfide) groups is 1. The number of aromatic amines is 1. The Balaban J connectivity index is 2.05. The number of aryl methyl sites for hydroxylation is 2. The van der Waals surface area contributed by atoms with Crippen LogP contribution >= 0.6 is 23.1 Å². The highest BCUT2D eigenvalue weighted by Crippen LogP contribution is 2.27. The highest BCUT2D eigenvalue weighted by molar-refractivity contribution is 7.98. The van der Waals surface area contributed by atoms with Crippen LogP contribution in [-0.2, 0) is 5.75 Å². The van der Waals surface area contributed by atoms with Gasteiger partial charge in [0.25, 0.3) is 5.91 Å². The number of nitrogens with one attached hydrogen (secondary N) is 2. The van der Waals surface area contributed by atoms with Crippen LogP contribution < -0.4 is 11.3 Å². The van der Waals surface area contributed by atoms with E-state index in [0.717, 1.165) is 22.0 Å². The third-order valence-corrected chi connectivity index (χ3v) is 4.30. The summed E-state index contributed by atoms with van der Waals surface area (Å²) in [6.45, 7) is 3.84. The summed E-state index contributed by atoms with van der Waals surface area (Å²) < 4.78 is 0. The minimum Gasteiger partial charge on any atom is -0.289 e. The Morgan fingerprint density at radius 2 is 2.39 bits per heavy atom. The molecule has 0 aliphatic rings. The Morgan fingerprint density at radius 1 is 1.61 bits per heavy atom. The quantitative estimate of drug-likeness (QED) is 0.341. The first-order valence-electron chi connectivity index (χ1n) is 5.22. The van der Waals surface area contributed by atoms with Crippen LogP contribution in [0.5, 0.6) is 0 Å². The number of thiophene rings is 1. The molecule has 18 heavy (non-hydrogen) atoms. The molecule has 2 aromatic heterocycles. The van der Waals surface area contributed by atoms with E-state index in [1.165, 1.54) is 23.1 Å². The minimum atomic E-state index is -0.256. The molecule has 0 spiro atoms. The number of nitrogens with zero attached hydrogens (tertiary/aromatic N) is 2. The van der Waals surface area contributed by atoms with E-state index in [4.69, 9.17) is 5.84 Å². The Kier molecular flexibility index (Phi) is 4.00. The van der Waals surface area contributed by atoms with E-state index in [2.05, 4.69) is 20.6 Å². The second-order valence-corrected chi connectivity index (χ2v) is 5.86. The average molecular weight is 283 g/mol. The van der Waals surface area contributed by atoms with Crippen LogP contribution in [0.2, 0.25) is 0 Å². The second-order valence-electron chi connectivity index (χ2n) is 3.66. The highest BCUT2D eigenvalue weighted by atomic mass is 32.2. The van der Waals surface area contributed by atoms with Gasteiger partial charge in [-0.3, -0.25) is 15.3 Å². The van der Waals surface area contributed by atoms with Crippen LogP contribution in [0.15, 0.2) is 11.2 Å². The van der Waals surface area contributed by atoms with E-state index in [1.54, 1.807) is 0 Å². The molecule has 2 heterocycles. The van der Waals surface area contributed by atoms with Crippen LogP contribution in [0.25, 0.3) is 0 Å². The molecule has 0 atom stereocenters. The lowest BCUT2D eigenvalue weighted by Crippen LogP contribution is -2.29. The van der Waals surface area contributed by atoms with E-state index >= 15 is 0 Å².